The number of hydrogen-bond donors (Lipinski definition) is 2. The van der Waals surface area contributed by atoms with Crippen LogP contribution in [0.2, 0.25) is 0 Å². The second kappa shape index (κ2) is 6.01. The molecule has 1 unspecified atom stereocenters. The van der Waals surface area contributed by atoms with Crippen molar-refractivity contribution in [2.45, 2.75) is 24.7 Å². The van der Waals surface area contributed by atoms with E-state index in [9.17, 15) is 14.7 Å². The van der Waals surface area contributed by atoms with Crippen molar-refractivity contribution in [3.63, 3.8) is 0 Å². The molecule has 1 atom stereocenters. The number of aliphatic carboxylic acids is 1. The van der Waals surface area contributed by atoms with Crippen molar-refractivity contribution < 1.29 is 19.2 Å². The number of benzene rings is 1. The fourth-order valence-electron chi connectivity index (χ4n) is 2.39. The number of carboxylic acid groups (broad SMARTS) is 1. The Balaban J connectivity index is 1.68. The van der Waals surface area contributed by atoms with Gasteiger partial charge >= 0.3 is 5.97 Å². The van der Waals surface area contributed by atoms with Gasteiger partial charge in [0.2, 0.25) is 0 Å². The van der Waals surface area contributed by atoms with Crippen LogP contribution in [0.5, 0.6) is 0 Å². The van der Waals surface area contributed by atoms with Gasteiger partial charge in [-0.3, -0.25) is 9.59 Å². The molecule has 0 aliphatic heterocycles. The Kier molecular flexibility index (Phi) is 3.91. The summed E-state index contributed by atoms with van der Waals surface area (Å²) in [4.78, 5) is 23.6. The smallest absolute Gasteiger partial charge is 0.312 e. The summed E-state index contributed by atoms with van der Waals surface area (Å²) in [5.41, 5.74) is 1.73. The Morgan fingerprint density at radius 2 is 2.05 bits per heavy atom. The highest BCUT2D eigenvalue weighted by molar-refractivity contribution is 5.95. The van der Waals surface area contributed by atoms with E-state index >= 15 is 0 Å². The van der Waals surface area contributed by atoms with Gasteiger partial charge in [-0.05, 0) is 18.4 Å². The number of nitrogens with zero attached hydrogens (tertiary/aromatic N) is 1. The molecule has 1 heterocycles. The second-order valence-electron chi connectivity index (χ2n) is 5.40. The van der Waals surface area contributed by atoms with Gasteiger partial charge in [0.15, 0.2) is 0 Å². The zero-order valence-electron chi connectivity index (χ0n) is 11.9. The summed E-state index contributed by atoms with van der Waals surface area (Å²) in [7, 11) is 0. The third-order valence-corrected chi connectivity index (χ3v) is 3.77. The molecular weight excluding hydrogens is 284 g/mol. The largest absolute Gasteiger partial charge is 0.481 e. The third-order valence-electron chi connectivity index (χ3n) is 3.77. The molecule has 0 spiro atoms. The van der Waals surface area contributed by atoms with Crippen LogP contribution < -0.4 is 5.32 Å². The summed E-state index contributed by atoms with van der Waals surface area (Å²) in [6, 6.07) is 8.84. The van der Waals surface area contributed by atoms with Gasteiger partial charge in [0.25, 0.3) is 5.91 Å². The van der Waals surface area contributed by atoms with Gasteiger partial charge in [-0.25, -0.2) is 0 Å². The van der Waals surface area contributed by atoms with E-state index in [4.69, 9.17) is 4.52 Å². The fourth-order valence-corrected chi connectivity index (χ4v) is 2.39. The molecule has 1 aromatic carbocycles. The summed E-state index contributed by atoms with van der Waals surface area (Å²) < 4.78 is 4.88. The number of rotatable bonds is 6. The van der Waals surface area contributed by atoms with Crippen LogP contribution in [0.25, 0.3) is 0 Å². The minimum Gasteiger partial charge on any atom is -0.481 e. The Bertz CT molecular complexity index is 676. The molecule has 6 nitrogen and oxygen atoms in total. The molecule has 1 aliphatic carbocycles. The third kappa shape index (κ3) is 3.00. The minimum absolute atomic E-state index is 0.0213. The van der Waals surface area contributed by atoms with Crippen LogP contribution in [0, 0.1) is 0 Å². The van der Waals surface area contributed by atoms with Gasteiger partial charge in [-0.15, -0.1) is 0 Å². The number of aromatic nitrogens is 1. The van der Waals surface area contributed by atoms with E-state index in [-0.39, 0.29) is 12.5 Å². The Morgan fingerprint density at radius 3 is 2.68 bits per heavy atom. The molecule has 0 bridgehead atoms. The standard InChI is InChI=1S/C16H16N2O4/c19-15(13-9-22-18-14(13)11-6-7-11)17-8-12(16(20)21)10-4-2-1-3-5-10/h1-5,9,11-12H,6-8H2,(H,17,19)(H,20,21). The van der Waals surface area contributed by atoms with Gasteiger partial charge < -0.3 is 14.9 Å². The lowest BCUT2D eigenvalue weighted by molar-refractivity contribution is -0.138. The summed E-state index contributed by atoms with van der Waals surface area (Å²) in [5.74, 6) is -1.80. The lowest BCUT2D eigenvalue weighted by atomic mass is 9.99. The predicted octanol–water partition coefficient (Wildman–Crippen LogP) is 2.15. The van der Waals surface area contributed by atoms with Gasteiger partial charge in [-0.1, -0.05) is 35.5 Å². The predicted molar refractivity (Wildman–Crippen MR) is 77.6 cm³/mol. The lowest BCUT2D eigenvalue weighted by Gasteiger charge is -2.13. The molecule has 0 saturated heterocycles. The number of hydrogen-bond acceptors (Lipinski definition) is 4. The van der Waals surface area contributed by atoms with Crippen LogP contribution in [0.4, 0.5) is 0 Å². The second-order valence-corrected chi connectivity index (χ2v) is 5.40. The molecule has 1 saturated carbocycles. The van der Waals surface area contributed by atoms with Crippen molar-refractivity contribution in [1.29, 1.82) is 0 Å². The Hall–Kier alpha value is -2.63. The van der Waals surface area contributed by atoms with Gasteiger partial charge in [0, 0.05) is 12.5 Å². The number of amides is 1. The highest BCUT2D eigenvalue weighted by Gasteiger charge is 2.32. The van der Waals surface area contributed by atoms with E-state index in [0.29, 0.717) is 22.7 Å². The first-order chi connectivity index (χ1) is 10.7. The number of carbonyl (C=O) groups is 2. The number of nitrogens with one attached hydrogen (secondary N) is 1. The maximum absolute atomic E-state index is 12.2. The SMILES string of the molecule is O=C(NCC(C(=O)O)c1ccccc1)c1conc1C1CC1. The molecule has 1 fully saturated rings. The van der Waals surface area contributed by atoms with Crippen LogP contribution in [0.3, 0.4) is 0 Å². The molecule has 6 heteroatoms. The van der Waals surface area contributed by atoms with Gasteiger partial charge in [-0.2, -0.15) is 0 Å². The van der Waals surface area contributed by atoms with E-state index in [1.54, 1.807) is 24.3 Å². The topological polar surface area (TPSA) is 92.4 Å². The van der Waals surface area contributed by atoms with Crippen molar-refractivity contribution in [2.75, 3.05) is 6.54 Å². The first kappa shape index (κ1) is 14.3. The van der Waals surface area contributed by atoms with Crippen molar-refractivity contribution in [3.8, 4) is 0 Å². The quantitative estimate of drug-likeness (QED) is 0.852. The molecule has 114 valence electrons. The minimum atomic E-state index is -0.973. The molecular formula is C16H16N2O4. The first-order valence-electron chi connectivity index (χ1n) is 7.17. The van der Waals surface area contributed by atoms with Crippen LogP contribution >= 0.6 is 0 Å². The number of carbonyl (C=O) groups excluding carboxylic acids is 1. The van der Waals surface area contributed by atoms with Gasteiger partial charge in [0.05, 0.1) is 11.6 Å². The number of carboxylic acids is 1. The summed E-state index contributed by atoms with van der Waals surface area (Å²) in [6.45, 7) is 0.0213. The summed E-state index contributed by atoms with van der Waals surface area (Å²) >= 11 is 0. The Labute approximate surface area is 127 Å². The van der Waals surface area contributed by atoms with Crippen molar-refractivity contribution in [1.82, 2.24) is 10.5 Å². The molecule has 3 rings (SSSR count). The molecule has 0 radical (unpaired) electrons. The summed E-state index contributed by atoms with van der Waals surface area (Å²) in [6.07, 6.45) is 3.34. The highest BCUT2D eigenvalue weighted by Crippen LogP contribution is 2.40. The monoisotopic (exact) mass is 300 g/mol. The van der Waals surface area contributed by atoms with E-state index < -0.39 is 11.9 Å². The van der Waals surface area contributed by atoms with Crippen LogP contribution in [-0.4, -0.2) is 28.7 Å². The molecule has 22 heavy (non-hydrogen) atoms. The van der Waals surface area contributed by atoms with E-state index in [1.807, 2.05) is 6.07 Å². The molecule has 2 N–H and O–H groups in total. The fraction of sp³-hybridized carbons (Fsp3) is 0.312. The van der Waals surface area contributed by atoms with Crippen molar-refractivity contribution >= 4 is 11.9 Å². The van der Waals surface area contributed by atoms with E-state index in [2.05, 4.69) is 10.5 Å². The van der Waals surface area contributed by atoms with Crippen molar-refractivity contribution in [2.24, 2.45) is 0 Å². The zero-order valence-corrected chi connectivity index (χ0v) is 11.9. The average molecular weight is 300 g/mol. The Morgan fingerprint density at radius 1 is 1.32 bits per heavy atom. The molecule has 1 aliphatic rings. The van der Waals surface area contributed by atoms with E-state index in [1.165, 1.54) is 6.26 Å². The lowest BCUT2D eigenvalue weighted by Crippen LogP contribution is -2.32. The maximum atomic E-state index is 12.2. The van der Waals surface area contributed by atoms with E-state index in [0.717, 1.165) is 12.8 Å². The van der Waals surface area contributed by atoms with Crippen molar-refractivity contribution in [3.05, 3.63) is 53.4 Å². The van der Waals surface area contributed by atoms with Crippen LogP contribution in [-0.2, 0) is 4.79 Å². The molecule has 2 aromatic rings. The normalized spacial score (nSPS) is 15.3. The maximum Gasteiger partial charge on any atom is 0.312 e. The van der Waals surface area contributed by atoms with Gasteiger partial charge in [0.1, 0.15) is 11.8 Å². The zero-order chi connectivity index (χ0) is 15.5. The van der Waals surface area contributed by atoms with Crippen LogP contribution in [0.15, 0.2) is 41.1 Å². The average Bonchev–Trinajstić information content (AvgIpc) is 3.25. The first-order valence-corrected chi connectivity index (χ1v) is 7.17. The molecule has 1 aromatic heterocycles. The molecule has 1 amide bonds. The summed E-state index contributed by atoms with van der Waals surface area (Å²) in [5, 5.41) is 15.9. The highest BCUT2D eigenvalue weighted by atomic mass is 16.5. The van der Waals surface area contributed by atoms with Crippen LogP contribution in [0.1, 0.15) is 46.3 Å².